The molecule has 0 aromatic heterocycles. The first-order chi connectivity index (χ1) is 7.54. The van der Waals surface area contributed by atoms with Gasteiger partial charge in [0.2, 0.25) is 5.91 Å². The smallest absolute Gasteiger partial charge is 0.239 e. The Bertz CT molecular complexity index is 272. The van der Waals surface area contributed by atoms with E-state index in [4.69, 9.17) is 0 Å². The van der Waals surface area contributed by atoms with E-state index in [1.54, 1.807) is 0 Å². The monoisotopic (exact) mass is 226 g/mol. The van der Waals surface area contributed by atoms with E-state index in [1.807, 2.05) is 4.90 Å². The highest BCUT2D eigenvalue weighted by molar-refractivity contribution is 5.82. The van der Waals surface area contributed by atoms with E-state index in [0.717, 1.165) is 25.9 Å². The third kappa shape index (κ3) is 2.09. The summed E-state index contributed by atoms with van der Waals surface area (Å²) in [5.41, 5.74) is 0.0447. The first-order valence-electron chi connectivity index (χ1n) is 6.17. The number of nitrogens with zero attached hydrogens (tertiary/aromatic N) is 1. The SMILES string of the molecule is CC1(C)CN(C(=O)[C@@H]2CCCN2)C[C@@H]1CO. The van der Waals surface area contributed by atoms with E-state index in [9.17, 15) is 9.90 Å². The average Bonchev–Trinajstić information content (AvgIpc) is 2.83. The molecule has 4 nitrogen and oxygen atoms in total. The van der Waals surface area contributed by atoms with Crippen LogP contribution in [0.5, 0.6) is 0 Å². The summed E-state index contributed by atoms with van der Waals surface area (Å²) < 4.78 is 0. The van der Waals surface area contributed by atoms with Gasteiger partial charge >= 0.3 is 0 Å². The molecule has 2 N–H and O–H groups in total. The molecule has 2 aliphatic heterocycles. The Balaban J connectivity index is 1.99. The maximum Gasteiger partial charge on any atom is 0.239 e. The van der Waals surface area contributed by atoms with Gasteiger partial charge in [0.1, 0.15) is 0 Å². The predicted molar refractivity (Wildman–Crippen MR) is 62.0 cm³/mol. The number of nitrogens with one attached hydrogen (secondary N) is 1. The van der Waals surface area contributed by atoms with Crippen molar-refractivity contribution in [3.63, 3.8) is 0 Å². The Morgan fingerprint density at radius 1 is 1.56 bits per heavy atom. The van der Waals surface area contributed by atoms with Crippen LogP contribution in [0.4, 0.5) is 0 Å². The van der Waals surface area contributed by atoms with E-state index in [1.165, 1.54) is 0 Å². The van der Waals surface area contributed by atoms with Crippen molar-refractivity contribution in [1.82, 2.24) is 10.2 Å². The lowest BCUT2D eigenvalue weighted by Crippen LogP contribution is -2.43. The van der Waals surface area contributed by atoms with Gasteiger partial charge in [-0.3, -0.25) is 4.79 Å². The van der Waals surface area contributed by atoms with E-state index in [0.29, 0.717) is 6.54 Å². The molecule has 2 aliphatic rings. The number of aliphatic hydroxyl groups is 1. The van der Waals surface area contributed by atoms with Crippen molar-refractivity contribution in [2.75, 3.05) is 26.2 Å². The largest absolute Gasteiger partial charge is 0.396 e. The third-order valence-corrected chi connectivity index (χ3v) is 4.03. The van der Waals surface area contributed by atoms with Crippen molar-refractivity contribution < 1.29 is 9.90 Å². The lowest BCUT2D eigenvalue weighted by Gasteiger charge is -2.24. The van der Waals surface area contributed by atoms with Crippen LogP contribution in [0.15, 0.2) is 0 Å². The standard InChI is InChI=1S/C12H22N2O2/c1-12(2)8-14(6-9(12)7-15)11(16)10-4-3-5-13-10/h9-10,13,15H,3-8H2,1-2H3/t9-,10+/m1/s1. The summed E-state index contributed by atoms with van der Waals surface area (Å²) in [4.78, 5) is 14.1. The molecule has 2 heterocycles. The fraction of sp³-hybridized carbons (Fsp3) is 0.917. The molecule has 0 saturated carbocycles. The normalized spacial score (nSPS) is 33.3. The number of amides is 1. The summed E-state index contributed by atoms with van der Waals surface area (Å²) in [6.07, 6.45) is 2.05. The van der Waals surface area contributed by atoms with Gasteiger partial charge in [0.25, 0.3) is 0 Å². The van der Waals surface area contributed by atoms with Crippen LogP contribution in [0, 0.1) is 11.3 Å². The number of aliphatic hydroxyl groups excluding tert-OH is 1. The summed E-state index contributed by atoms with van der Waals surface area (Å²) in [5.74, 6) is 0.444. The fourth-order valence-electron chi connectivity index (χ4n) is 2.79. The second-order valence-electron chi connectivity index (χ2n) is 5.74. The Labute approximate surface area is 97.0 Å². The zero-order chi connectivity index (χ0) is 11.8. The van der Waals surface area contributed by atoms with Gasteiger partial charge in [-0.05, 0) is 24.8 Å². The maximum absolute atomic E-state index is 12.2. The molecule has 0 aliphatic carbocycles. The molecule has 2 fully saturated rings. The summed E-state index contributed by atoms with van der Waals surface area (Å²) in [7, 11) is 0. The van der Waals surface area contributed by atoms with Crippen LogP contribution in [-0.4, -0.2) is 48.2 Å². The molecular formula is C12H22N2O2. The van der Waals surface area contributed by atoms with Gasteiger partial charge < -0.3 is 15.3 Å². The molecule has 16 heavy (non-hydrogen) atoms. The molecule has 1 amide bonds. The highest BCUT2D eigenvalue weighted by Gasteiger charge is 2.42. The van der Waals surface area contributed by atoms with Gasteiger partial charge in [0.15, 0.2) is 0 Å². The topological polar surface area (TPSA) is 52.6 Å². The van der Waals surface area contributed by atoms with Crippen molar-refractivity contribution >= 4 is 5.91 Å². The minimum absolute atomic E-state index is 0.0215. The average molecular weight is 226 g/mol. The number of hydrogen-bond acceptors (Lipinski definition) is 3. The molecule has 0 bridgehead atoms. The van der Waals surface area contributed by atoms with Gasteiger partial charge in [-0.25, -0.2) is 0 Å². The molecule has 0 unspecified atom stereocenters. The number of likely N-dealkylation sites (tertiary alicyclic amines) is 1. The molecule has 2 saturated heterocycles. The Hall–Kier alpha value is -0.610. The van der Waals surface area contributed by atoms with Crippen LogP contribution in [0.3, 0.4) is 0 Å². The molecular weight excluding hydrogens is 204 g/mol. The quantitative estimate of drug-likeness (QED) is 0.708. The maximum atomic E-state index is 12.2. The molecule has 0 aromatic carbocycles. The molecule has 0 aromatic rings. The minimum atomic E-state index is 0.0215. The molecule has 2 rings (SSSR count). The van der Waals surface area contributed by atoms with Gasteiger partial charge in [-0.2, -0.15) is 0 Å². The van der Waals surface area contributed by atoms with Crippen LogP contribution < -0.4 is 5.32 Å². The number of carbonyl (C=O) groups is 1. The zero-order valence-corrected chi connectivity index (χ0v) is 10.2. The van der Waals surface area contributed by atoms with Gasteiger partial charge in [-0.1, -0.05) is 13.8 Å². The first kappa shape index (κ1) is 11.9. The highest BCUT2D eigenvalue weighted by atomic mass is 16.3. The van der Waals surface area contributed by atoms with E-state index >= 15 is 0 Å². The number of rotatable bonds is 2. The molecule has 92 valence electrons. The Kier molecular flexibility index (Phi) is 3.22. The summed E-state index contributed by atoms with van der Waals surface area (Å²) in [6.45, 7) is 6.87. The first-order valence-corrected chi connectivity index (χ1v) is 6.17. The predicted octanol–water partition coefficient (Wildman–Crippen LogP) is 0.215. The van der Waals surface area contributed by atoms with Crippen molar-refractivity contribution in [3.05, 3.63) is 0 Å². The van der Waals surface area contributed by atoms with Crippen LogP contribution in [0.25, 0.3) is 0 Å². The van der Waals surface area contributed by atoms with Crippen molar-refractivity contribution in [2.45, 2.75) is 32.7 Å². The number of carbonyl (C=O) groups excluding carboxylic acids is 1. The van der Waals surface area contributed by atoms with Crippen molar-refractivity contribution in [1.29, 1.82) is 0 Å². The van der Waals surface area contributed by atoms with E-state index < -0.39 is 0 Å². The van der Waals surface area contributed by atoms with Gasteiger partial charge in [0.05, 0.1) is 6.04 Å². The summed E-state index contributed by atoms with van der Waals surface area (Å²) in [6, 6.07) is 0.0215. The second-order valence-corrected chi connectivity index (χ2v) is 5.74. The van der Waals surface area contributed by atoms with Crippen LogP contribution in [0.1, 0.15) is 26.7 Å². The summed E-state index contributed by atoms with van der Waals surface area (Å²) in [5, 5.41) is 12.6. The lowest BCUT2D eigenvalue weighted by molar-refractivity contribution is -0.132. The molecule has 0 spiro atoms. The van der Waals surface area contributed by atoms with Gasteiger partial charge in [-0.15, -0.1) is 0 Å². The lowest BCUT2D eigenvalue weighted by atomic mass is 9.83. The number of hydrogen-bond donors (Lipinski definition) is 2. The van der Waals surface area contributed by atoms with Crippen molar-refractivity contribution in [2.24, 2.45) is 11.3 Å². The van der Waals surface area contributed by atoms with Gasteiger partial charge in [0, 0.05) is 25.6 Å². The molecule has 2 atom stereocenters. The second kappa shape index (κ2) is 4.34. The Morgan fingerprint density at radius 3 is 2.81 bits per heavy atom. The summed E-state index contributed by atoms with van der Waals surface area (Å²) >= 11 is 0. The minimum Gasteiger partial charge on any atom is -0.396 e. The van der Waals surface area contributed by atoms with Crippen molar-refractivity contribution in [3.8, 4) is 0 Å². The van der Waals surface area contributed by atoms with Crippen LogP contribution >= 0.6 is 0 Å². The Morgan fingerprint density at radius 2 is 2.31 bits per heavy atom. The highest BCUT2D eigenvalue weighted by Crippen LogP contribution is 2.35. The van der Waals surface area contributed by atoms with E-state index in [-0.39, 0.29) is 29.9 Å². The third-order valence-electron chi connectivity index (χ3n) is 4.03. The molecule has 4 heteroatoms. The fourth-order valence-corrected chi connectivity index (χ4v) is 2.79. The zero-order valence-electron chi connectivity index (χ0n) is 10.2. The van der Waals surface area contributed by atoms with E-state index in [2.05, 4.69) is 19.2 Å². The molecule has 0 radical (unpaired) electrons. The van der Waals surface area contributed by atoms with Crippen LogP contribution in [-0.2, 0) is 4.79 Å². The van der Waals surface area contributed by atoms with Crippen LogP contribution in [0.2, 0.25) is 0 Å².